The summed E-state index contributed by atoms with van der Waals surface area (Å²) < 4.78 is 45.0. The van der Waals surface area contributed by atoms with Crippen LogP contribution in [0.4, 0.5) is 19.0 Å². The highest BCUT2D eigenvalue weighted by Gasteiger charge is 2.36. The number of carbonyl (C=O) groups excluding carboxylic acids is 1. The van der Waals surface area contributed by atoms with E-state index in [-0.39, 0.29) is 31.0 Å². The molecule has 0 radical (unpaired) electrons. The van der Waals surface area contributed by atoms with Crippen molar-refractivity contribution in [3.05, 3.63) is 47.7 Å². The largest absolute Gasteiger partial charge is 0.484 e. The Labute approximate surface area is 173 Å². The van der Waals surface area contributed by atoms with Crippen LogP contribution in [0.2, 0.25) is 0 Å². The molecule has 0 spiro atoms. The van der Waals surface area contributed by atoms with Crippen molar-refractivity contribution in [2.45, 2.75) is 32.2 Å². The van der Waals surface area contributed by atoms with Gasteiger partial charge in [0.25, 0.3) is 5.91 Å². The molecule has 0 saturated carbocycles. The van der Waals surface area contributed by atoms with E-state index < -0.39 is 11.7 Å². The SMILES string of the molecule is CC(CCN(C)C(=O)COc1ccc(CO)cc1)N(C)c1nnccc1C(F)(F)F. The van der Waals surface area contributed by atoms with Crippen LogP contribution in [0.3, 0.4) is 0 Å². The number of halogens is 3. The van der Waals surface area contributed by atoms with E-state index in [9.17, 15) is 18.0 Å². The lowest BCUT2D eigenvalue weighted by molar-refractivity contribution is -0.137. The van der Waals surface area contributed by atoms with Crippen LogP contribution in [0.1, 0.15) is 24.5 Å². The zero-order valence-electron chi connectivity index (χ0n) is 17.1. The maximum absolute atomic E-state index is 13.2. The first-order chi connectivity index (χ1) is 14.1. The van der Waals surface area contributed by atoms with Gasteiger partial charge in [-0.15, -0.1) is 5.10 Å². The van der Waals surface area contributed by atoms with Gasteiger partial charge in [0.05, 0.1) is 12.8 Å². The molecule has 1 aromatic carbocycles. The third kappa shape index (κ3) is 6.31. The Morgan fingerprint density at radius 3 is 2.47 bits per heavy atom. The van der Waals surface area contributed by atoms with Gasteiger partial charge in [0.1, 0.15) is 11.3 Å². The van der Waals surface area contributed by atoms with Gasteiger partial charge in [-0.3, -0.25) is 4.79 Å². The Hall–Kier alpha value is -2.88. The van der Waals surface area contributed by atoms with Gasteiger partial charge < -0.3 is 19.6 Å². The number of likely N-dealkylation sites (N-methyl/N-ethyl adjacent to an activating group) is 1. The first kappa shape index (κ1) is 23.4. The summed E-state index contributed by atoms with van der Waals surface area (Å²) in [7, 11) is 3.13. The van der Waals surface area contributed by atoms with Crippen molar-refractivity contribution in [3.63, 3.8) is 0 Å². The highest BCUT2D eigenvalue weighted by atomic mass is 19.4. The molecule has 1 heterocycles. The zero-order chi connectivity index (χ0) is 22.3. The van der Waals surface area contributed by atoms with Crippen LogP contribution in [0.25, 0.3) is 0 Å². The summed E-state index contributed by atoms with van der Waals surface area (Å²) in [5.41, 5.74) is -0.113. The number of benzene rings is 1. The van der Waals surface area contributed by atoms with Crippen LogP contribution in [-0.2, 0) is 17.6 Å². The van der Waals surface area contributed by atoms with Gasteiger partial charge in [-0.25, -0.2) is 0 Å². The molecule has 164 valence electrons. The highest BCUT2D eigenvalue weighted by molar-refractivity contribution is 5.77. The Morgan fingerprint density at radius 2 is 1.87 bits per heavy atom. The minimum absolute atomic E-state index is 0.0758. The first-order valence-corrected chi connectivity index (χ1v) is 9.31. The van der Waals surface area contributed by atoms with Gasteiger partial charge in [0, 0.05) is 26.7 Å². The molecular formula is C20H25F3N4O3. The summed E-state index contributed by atoms with van der Waals surface area (Å²) in [6.45, 7) is 1.85. The van der Waals surface area contributed by atoms with Gasteiger partial charge in [-0.1, -0.05) is 12.1 Å². The van der Waals surface area contributed by atoms with E-state index in [1.54, 1.807) is 38.2 Å². The van der Waals surface area contributed by atoms with E-state index in [4.69, 9.17) is 9.84 Å². The Morgan fingerprint density at radius 1 is 1.20 bits per heavy atom. The number of aliphatic hydroxyl groups excluding tert-OH is 1. The quantitative estimate of drug-likeness (QED) is 0.664. The molecule has 1 N–H and O–H groups in total. The van der Waals surface area contributed by atoms with Gasteiger partial charge >= 0.3 is 6.18 Å². The molecule has 0 fully saturated rings. The molecule has 1 atom stereocenters. The fourth-order valence-electron chi connectivity index (χ4n) is 2.66. The number of alkyl halides is 3. The van der Waals surface area contributed by atoms with E-state index in [1.807, 2.05) is 0 Å². The predicted molar refractivity (Wildman–Crippen MR) is 105 cm³/mol. The van der Waals surface area contributed by atoms with E-state index in [0.29, 0.717) is 18.7 Å². The number of ether oxygens (including phenoxy) is 1. The first-order valence-electron chi connectivity index (χ1n) is 9.31. The number of hydrogen-bond acceptors (Lipinski definition) is 6. The molecule has 2 rings (SSSR count). The number of hydrogen-bond donors (Lipinski definition) is 1. The molecule has 1 aromatic heterocycles. The second-order valence-corrected chi connectivity index (χ2v) is 6.92. The number of carbonyl (C=O) groups is 1. The standard InChI is InChI=1S/C20H25F3N4O3/c1-14(27(3)19-17(20(21,22)23)8-10-24-25-19)9-11-26(2)18(29)13-30-16-6-4-15(12-28)5-7-16/h4-8,10,14,28H,9,11-13H2,1-3H3. The number of rotatable bonds is 9. The number of anilines is 1. The van der Waals surface area contributed by atoms with Gasteiger partial charge in [-0.05, 0) is 37.1 Å². The molecule has 0 aliphatic heterocycles. The molecule has 0 aliphatic carbocycles. The summed E-state index contributed by atoms with van der Waals surface area (Å²) in [6.07, 6.45) is -3.09. The van der Waals surface area contributed by atoms with Crippen molar-refractivity contribution in [3.8, 4) is 5.75 Å². The smallest absolute Gasteiger partial charge is 0.420 e. The number of amides is 1. The van der Waals surface area contributed by atoms with Crippen molar-refractivity contribution < 1.29 is 27.8 Å². The predicted octanol–water partition coefficient (Wildman–Crippen LogP) is 2.74. The van der Waals surface area contributed by atoms with Gasteiger partial charge in [0.15, 0.2) is 12.4 Å². The van der Waals surface area contributed by atoms with Crippen LogP contribution >= 0.6 is 0 Å². The van der Waals surface area contributed by atoms with Crippen molar-refractivity contribution >= 4 is 11.7 Å². The molecule has 0 bridgehead atoms. The second kappa shape index (κ2) is 10.2. The third-order valence-electron chi connectivity index (χ3n) is 4.78. The van der Waals surface area contributed by atoms with Crippen molar-refractivity contribution in [2.24, 2.45) is 0 Å². The van der Waals surface area contributed by atoms with Crippen LogP contribution in [0, 0.1) is 0 Å². The molecule has 7 nitrogen and oxygen atoms in total. The molecule has 30 heavy (non-hydrogen) atoms. The van der Waals surface area contributed by atoms with Crippen LogP contribution in [0.15, 0.2) is 36.5 Å². The summed E-state index contributed by atoms with van der Waals surface area (Å²) in [4.78, 5) is 15.1. The molecule has 1 amide bonds. The number of aliphatic hydroxyl groups is 1. The van der Waals surface area contributed by atoms with Crippen LogP contribution in [0.5, 0.6) is 5.75 Å². The highest BCUT2D eigenvalue weighted by Crippen LogP contribution is 2.35. The molecule has 0 saturated heterocycles. The molecule has 2 aromatic rings. The topological polar surface area (TPSA) is 78.8 Å². The normalized spacial score (nSPS) is 12.4. The summed E-state index contributed by atoms with van der Waals surface area (Å²) in [6, 6.07) is 7.30. The fraction of sp³-hybridized carbons (Fsp3) is 0.450. The van der Waals surface area contributed by atoms with E-state index in [1.165, 1.54) is 16.8 Å². The average Bonchev–Trinajstić information content (AvgIpc) is 2.74. The number of aromatic nitrogens is 2. The van der Waals surface area contributed by atoms with E-state index in [2.05, 4.69) is 10.2 Å². The maximum Gasteiger partial charge on any atom is 0.420 e. The van der Waals surface area contributed by atoms with Gasteiger partial charge in [0.2, 0.25) is 0 Å². The fourth-order valence-corrected chi connectivity index (χ4v) is 2.66. The lowest BCUT2D eigenvalue weighted by Gasteiger charge is -2.29. The minimum Gasteiger partial charge on any atom is -0.484 e. The van der Waals surface area contributed by atoms with E-state index in [0.717, 1.165) is 17.8 Å². The Bertz CT molecular complexity index is 831. The van der Waals surface area contributed by atoms with E-state index >= 15 is 0 Å². The Kier molecular flexibility index (Phi) is 7.99. The lowest BCUT2D eigenvalue weighted by Crippen LogP contribution is -2.37. The molecule has 0 aliphatic rings. The number of nitrogens with zero attached hydrogens (tertiary/aromatic N) is 4. The summed E-state index contributed by atoms with van der Waals surface area (Å²) >= 11 is 0. The van der Waals surface area contributed by atoms with Crippen LogP contribution in [-0.4, -0.2) is 59.4 Å². The van der Waals surface area contributed by atoms with Gasteiger partial charge in [-0.2, -0.15) is 18.3 Å². The Balaban J connectivity index is 1.87. The maximum atomic E-state index is 13.2. The van der Waals surface area contributed by atoms with Crippen molar-refractivity contribution in [1.29, 1.82) is 0 Å². The summed E-state index contributed by atoms with van der Waals surface area (Å²) in [5, 5.41) is 16.2. The molecule has 10 heteroatoms. The third-order valence-corrected chi connectivity index (χ3v) is 4.78. The van der Waals surface area contributed by atoms with Crippen molar-refractivity contribution in [1.82, 2.24) is 15.1 Å². The zero-order valence-corrected chi connectivity index (χ0v) is 17.1. The minimum atomic E-state index is -4.53. The van der Waals surface area contributed by atoms with Crippen molar-refractivity contribution in [2.75, 3.05) is 32.1 Å². The summed E-state index contributed by atoms with van der Waals surface area (Å²) in [5.74, 6) is -0.00269. The molecule has 1 unspecified atom stereocenters. The second-order valence-electron chi connectivity index (χ2n) is 6.92. The average molecular weight is 426 g/mol. The monoisotopic (exact) mass is 426 g/mol. The molecular weight excluding hydrogens is 401 g/mol. The van der Waals surface area contributed by atoms with Crippen LogP contribution < -0.4 is 9.64 Å². The lowest BCUT2D eigenvalue weighted by atomic mass is 10.1.